The molecule has 0 amide bonds. The summed E-state index contributed by atoms with van der Waals surface area (Å²) in [7, 11) is 0. The first-order valence-electron chi connectivity index (χ1n) is 9.60. The molecule has 0 saturated carbocycles. The van der Waals surface area contributed by atoms with Crippen LogP contribution in [-0.2, 0) is 28.6 Å². The van der Waals surface area contributed by atoms with E-state index in [4.69, 9.17) is 18.9 Å². The number of carbonyl (C=O) groups is 3. The van der Waals surface area contributed by atoms with Crippen molar-refractivity contribution in [3.05, 3.63) is 42.7 Å². The summed E-state index contributed by atoms with van der Waals surface area (Å²) in [6, 6.07) is 4.53. The van der Waals surface area contributed by atoms with Crippen LogP contribution in [0.15, 0.2) is 36.8 Å². The van der Waals surface area contributed by atoms with Gasteiger partial charge in [-0.1, -0.05) is 0 Å². The molecule has 0 aromatic carbocycles. The van der Waals surface area contributed by atoms with Crippen LogP contribution in [0.25, 0.3) is 11.1 Å². The molecular weight excluding hydrogens is 443 g/mol. The van der Waals surface area contributed by atoms with Crippen LogP contribution in [0.3, 0.4) is 0 Å². The molecule has 3 heterocycles. The average molecular weight is 464 g/mol. The minimum absolute atomic E-state index is 0.239. The van der Waals surface area contributed by atoms with E-state index in [0.29, 0.717) is 16.9 Å². The second-order valence-electron chi connectivity index (χ2n) is 6.89. The van der Waals surface area contributed by atoms with Gasteiger partial charge < -0.3 is 18.9 Å². The van der Waals surface area contributed by atoms with Gasteiger partial charge in [0.2, 0.25) is 5.95 Å². The molecule has 1 unspecified atom stereocenters. The van der Waals surface area contributed by atoms with Gasteiger partial charge in [-0.05, 0) is 17.7 Å². The number of pyridine rings is 2. The Morgan fingerprint density at radius 1 is 0.969 bits per heavy atom. The third-order valence-electron chi connectivity index (χ3n) is 4.33. The van der Waals surface area contributed by atoms with E-state index >= 15 is 0 Å². The molecule has 2 aromatic rings. The standard InChI is InChI=1S/C21H21FN2O7S/c1-11(25)28-17-10-32-21(20(30-13(3)27)19(17)29-12(2)26)31-16-6-15(8-23-9-16)14-4-5-24-18(22)7-14/h4-9,17,19-21H,10H2,1-3H3/t17-,19+,20-,21?/m1/s1. The van der Waals surface area contributed by atoms with Crippen LogP contribution in [0.2, 0.25) is 0 Å². The first kappa shape index (κ1) is 23.5. The molecule has 0 spiro atoms. The number of ether oxygens (including phenoxy) is 4. The lowest BCUT2D eigenvalue weighted by Gasteiger charge is -2.39. The normalized spacial score (nSPS) is 22.5. The minimum atomic E-state index is -1.06. The van der Waals surface area contributed by atoms with Crippen molar-refractivity contribution < 1.29 is 37.7 Å². The van der Waals surface area contributed by atoms with E-state index in [1.807, 2.05) is 0 Å². The van der Waals surface area contributed by atoms with Crippen molar-refractivity contribution in [3.63, 3.8) is 0 Å². The lowest BCUT2D eigenvalue weighted by molar-refractivity contribution is -0.186. The molecule has 0 N–H and O–H groups in total. The van der Waals surface area contributed by atoms with Gasteiger partial charge in [0.15, 0.2) is 23.7 Å². The predicted octanol–water partition coefficient (Wildman–Crippen LogP) is 2.53. The monoisotopic (exact) mass is 464 g/mol. The van der Waals surface area contributed by atoms with Crippen molar-refractivity contribution in [2.45, 2.75) is 44.5 Å². The van der Waals surface area contributed by atoms with Crippen molar-refractivity contribution in [1.82, 2.24) is 9.97 Å². The van der Waals surface area contributed by atoms with E-state index in [-0.39, 0.29) is 5.75 Å². The lowest BCUT2D eigenvalue weighted by atomic mass is 10.1. The van der Waals surface area contributed by atoms with Gasteiger partial charge in [-0.25, -0.2) is 4.98 Å². The van der Waals surface area contributed by atoms with Crippen molar-refractivity contribution in [2.75, 3.05) is 5.75 Å². The Labute approximate surface area is 187 Å². The number of esters is 3. The van der Waals surface area contributed by atoms with Crippen LogP contribution in [0.5, 0.6) is 5.75 Å². The first-order chi connectivity index (χ1) is 15.2. The van der Waals surface area contributed by atoms with Crippen molar-refractivity contribution in [2.24, 2.45) is 0 Å². The first-order valence-corrected chi connectivity index (χ1v) is 10.6. The highest BCUT2D eigenvalue weighted by molar-refractivity contribution is 7.99. The highest BCUT2D eigenvalue weighted by Crippen LogP contribution is 2.35. The number of hydrogen-bond donors (Lipinski definition) is 0. The highest BCUT2D eigenvalue weighted by atomic mass is 32.2. The molecule has 2 aromatic heterocycles. The zero-order valence-electron chi connectivity index (χ0n) is 17.5. The van der Waals surface area contributed by atoms with Crippen molar-refractivity contribution >= 4 is 29.7 Å². The second-order valence-corrected chi connectivity index (χ2v) is 8.02. The summed E-state index contributed by atoms with van der Waals surface area (Å²) in [5.41, 5.74) is 0.347. The van der Waals surface area contributed by atoms with E-state index in [1.165, 1.54) is 57.2 Å². The Hall–Kier alpha value is -3.21. The number of thioether (sulfide) groups is 1. The van der Waals surface area contributed by atoms with Crippen LogP contribution in [0.1, 0.15) is 20.8 Å². The van der Waals surface area contributed by atoms with Gasteiger partial charge in [0.05, 0.1) is 6.20 Å². The zero-order valence-corrected chi connectivity index (χ0v) is 18.3. The maximum absolute atomic E-state index is 13.5. The fourth-order valence-electron chi connectivity index (χ4n) is 3.17. The molecule has 32 heavy (non-hydrogen) atoms. The molecule has 1 aliphatic heterocycles. The van der Waals surface area contributed by atoms with Gasteiger partial charge in [-0.2, -0.15) is 4.39 Å². The van der Waals surface area contributed by atoms with Gasteiger partial charge in [0.1, 0.15) is 5.75 Å². The Morgan fingerprint density at radius 2 is 1.66 bits per heavy atom. The van der Waals surface area contributed by atoms with Gasteiger partial charge in [-0.15, -0.1) is 11.8 Å². The van der Waals surface area contributed by atoms with Crippen LogP contribution in [0, 0.1) is 5.95 Å². The molecule has 11 heteroatoms. The summed E-state index contributed by atoms with van der Waals surface area (Å²) in [4.78, 5) is 42.6. The Morgan fingerprint density at radius 3 is 2.31 bits per heavy atom. The SMILES string of the molecule is CC(=O)O[C@H]1[C@H](OC(C)=O)CSC(Oc2cncc(-c3ccnc(F)c3)c2)[C@@H]1OC(C)=O. The number of aromatic nitrogens is 2. The molecule has 170 valence electrons. The van der Waals surface area contributed by atoms with Crippen molar-refractivity contribution in [3.8, 4) is 16.9 Å². The summed E-state index contributed by atoms with van der Waals surface area (Å²) < 4.78 is 35.5. The fourth-order valence-corrected chi connectivity index (χ4v) is 4.38. The molecule has 1 aliphatic rings. The summed E-state index contributed by atoms with van der Waals surface area (Å²) in [5, 5.41) is 0. The zero-order chi connectivity index (χ0) is 23.3. The van der Waals surface area contributed by atoms with Gasteiger partial charge in [-0.3, -0.25) is 19.4 Å². The smallest absolute Gasteiger partial charge is 0.303 e. The highest BCUT2D eigenvalue weighted by Gasteiger charge is 2.47. The molecule has 1 fully saturated rings. The van der Waals surface area contributed by atoms with E-state index in [0.717, 1.165) is 0 Å². The molecule has 0 aliphatic carbocycles. The van der Waals surface area contributed by atoms with Crippen LogP contribution >= 0.6 is 11.8 Å². The topological polar surface area (TPSA) is 114 Å². The largest absolute Gasteiger partial charge is 0.474 e. The molecule has 0 radical (unpaired) electrons. The number of rotatable bonds is 6. The lowest BCUT2D eigenvalue weighted by Crippen LogP contribution is -2.55. The molecule has 1 saturated heterocycles. The predicted molar refractivity (Wildman–Crippen MR) is 111 cm³/mol. The summed E-state index contributed by atoms with van der Waals surface area (Å²) in [6.45, 7) is 3.65. The van der Waals surface area contributed by atoms with Gasteiger partial charge in [0, 0.05) is 50.5 Å². The number of hydrogen-bond acceptors (Lipinski definition) is 10. The van der Waals surface area contributed by atoms with E-state index in [1.54, 1.807) is 12.1 Å². The Kier molecular flexibility index (Phi) is 7.62. The minimum Gasteiger partial charge on any atom is -0.474 e. The molecule has 3 rings (SSSR count). The molecular formula is C21H21FN2O7S. The summed E-state index contributed by atoms with van der Waals surface area (Å²) in [5.74, 6) is -1.88. The molecule has 4 atom stereocenters. The van der Waals surface area contributed by atoms with Gasteiger partial charge in [0.25, 0.3) is 0 Å². The third kappa shape index (κ3) is 6.16. The van der Waals surface area contributed by atoms with Gasteiger partial charge >= 0.3 is 17.9 Å². The van der Waals surface area contributed by atoms with E-state index in [9.17, 15) is 18.8 Å². The summed E-state index contributed by atoms with van der Waals surface area (Å²) >= 11 is 1.23. The maximum atomic E-state index is 13.5. The Bertz CT molecular complexity index is 1010. The van der Waals surface area contributed by atoms with Crippen LogP contribution in [-0.4, -0.2) is 57.4 Å². The maximum Gasteiger partial charge on any atom is 0.303 e. The Balaban J connectivity index is 1.87. The van der Waals surface area contributed by atoms with Crippen molar-refractivity contribution in [1.29, 1.82) is 0 Å². The van der Waals surface area contributed by atoms with Crippen LogP contribution in [0.4, 0.5) is 4.39 Å². The fraction of sp³-hybridized carbons (Fsp3) is 0.381. The molecule has 9 nitrogen and oxygen atoms in total. The second kappa shape index (κ2) is 10.4. The summed E-state index contributed by atoms with van der Waals surface area (Å²) in [6.07, 6.45) is 1.39. The third-order valence-corrected chi connectivity index (χ3v) is 5.54. The number of halogens is 1. The average Bonchev–Trinajstić information content (AvgIpc) is 2.71. The quantitative estimate of drug-likeness (QED) is 0.359. The number of nitrogens with zero attached hydrogens (tertiary/aromatic N) is 2. The number of carbonyl (C=O) groups excluding carboxylic acids is 3. The van der Waals surface area contributed by atoms with Crippen LogP contribution < -0.4 is 4.74 Å². The van der Waals surface area contributed by atoms with E-state index < -0.39 is 47.6 Å². The molecule has 0 bridgehead atoms. The van der Waals surface area contributed by atoms with E-state index in [2.05, 4.69) is 9.97 Å².